The summed E-state index contributed by atoms with van der Waals surface area (Å²) >= 11 is 5.82. The van der Waals surface area contributed by atoms with Crippen LogP contribution >= 0.6 is 11.6 Å². The van der Waals surface area contributed by atoms with Crippen molar-refractivity contribution in [3.05, 3.63) is 34.9 Å². The predicted octanol–water partition coefficient (Wildman–Crippen LogP) is 1.78. The van der Waals surface area contributed by atoms with Gasteiger partial charge in [-0.2, -0.15) is 0 Å². The van der Waals surface area contributed by atoms with E-state index < -0.39 is 20.5 Å². The third kappa shape index (κ3) is 3.95. The molecule has 0 aliphatic heterocycles. The Kier molecular flexibility index (Phi) is 6.01. The van der Waals surface area contributed by atoms with Gasteiger partial charge in [-0.05, 0) is 38.0 Å². The molecule has 1 aromatic carbocycles. The summed E-state index contributed by atoms with van der Waals surface area (Å²) < 4.78 is 23.8. The summed E-state index contributed by atoms with van der Waals surface area (Å²) in [5.41, 5.74) is -0.280. The van der Waals surface area contributed by atoms with E-state index in [4.69, 9.17) is 11.6 Å². The van der Waals surface area contributed by atoms with Crippen LogP contribution in [0.5, 0.6) is 0 Å². The lowest BCUT2D eigenvalue weighted by Gasteiger charge is -2.30. The van der Waals surface area contributed by atoms with Crippen LogP contribution < -0.4 is 0 Å². The van der Waals surface area contributed by atoms with Gasteiger partial charge >= 0.3 is 0 Å². The molecule has 1 rings (SSSR count). The highest BCUT2D eigenvalue weighted by atomic mass is 35.5. The molecule has 0 atom stereocenters. The molecule has 114 valence electrons. The second-order valence-corrected chi connectivity index (χ2v) is 8.38. The Morgan fingerprint density at radius 3 is 2.05 bits per heavy atom. The first-order chi connectivity index (χ1) is 9.27. The molecule has 0 saturated heterocycles. The Bertz CT molecular complexity index is 519. The van der Waals surface area contributed by atoms with E-state index >= 15 is 0 Å². The highest BCUT2D eigenvalue weighted by Gasteiger charge is 2.33. The van der Waals surface area contributed by atoms with E-state index in [1.165, 1.54) is 0 Å². The fourth-order valence-electron chi connectivity index (χ4n) is 1.91. The summed E-state index contributed by atoms with van der Waals surface area (Å²) in [6.45, 7) is 2.60. The molecule has 0 radical (unpaired) electrons. The van der Waals surface area contributed by atoms with Gasteiger partial charge in [-0.1, -0.05) is 23.7 Å². The molecule has 6 heteroatoms. The van der Waals surface area contributed by atoms with Gasteiger partial charge in [0.05, 0.1) is 24.2 Å². The first-order valence-electron chi connectivity index (χ1n) is 6.47. The van der Waals surface area contributed by atoms with Crippen LogP contribution in [0.15, 0.2) is 24.3 Å². The zero-order valence-corrected chi connectivity index (χ0v) is 13.3. The molecule has 0 aliphatic rings. The number of sulfone groups is 1. The number of benzene rings is 1. The summed E-state index contributed by atoms with van der Waals surface area (Å²) in [4.78, 5) is 0. The summed E-state index contributed by atoms with van der Waals surface area (Å²) in [6, 6.07) is 6.73. The van der Waals surface area contributed by atoms with Gasteiger partial charge in [0.25, 0.3) is 0 Å². The maximum absolute atomic E-state index is 11.9. The van der Waals surface area contributed by atoms with Crippen molar-refractivity contribution in [1.29, 1.82) is 0 Å². The van der Waals surface area contributed by atoms with Gasteiger partial charge in [0.15, 0.2) is 9.84 Å². The lowest BCUT2D eigenvalue weighted by Crippen LogP contribution is -2.37. The Morgan fingerprint density at radius 2 is 1.65 bits per heavy atom. The average molecular weight is 321 g/mol. The van der Waals surface area contributed by atoms with Crippen molar-refractivity contribution in [3.63, 3.8) is 0 Å². The Hall–Kier alpha value is -0.620. The van der Waals surface area contributed by atoms with Gasteiger partial charge in [-0.3, -0.25) is 0 Å². The van der Waals surface area contributed by atoms with Gasteiger partial charge in [0.2, 0.25) is 0 Å². The second-order valence-electron chi connectivity index (χ2n) is 5.27. The van der Waals surface area contributed by atoms with Crippen molar-refractivity contribution < 1.29 is 18.6 Å². The van der Waals surface area contributed by atoms with E-state index in [1.807, 2.05) is 0 Å². The third-order valence-electron chi connectivity index (χ3n) is 3.65. The summed E-state index contributed by atoms with van der Waals surface area (Å²) in [7, 11) is -3.22. The Labute approximate surface area is 125 Å². The molecule has 4 nitrogen and oxygen atoms in total. The first kappa shape index (κ1) is 17.4. The van der Waals surface area contributed by atoms with E-state index in [9.17, 15) is 18.6 Å². The van der Waals surface area contributed by atoms with Crippen molar-refractivity contribution in [3.8, 4) is 0 Å². The quantitative estimate of drug-likeness (QED) is 0.803. The van der Waals surface area contributed by atoms with Crippen molar-refractivity contribution in [2.24, 2.45) is 0 Å². The van der Waals surface area contributed by atoms with Gasteiger partial charge < -0.3 is 10.2 Å². The van der Waals surface area contributed by atoms with E-state index in [2.05, 4.69) is 0 Å². The molecule has 20 heavy (non-hydrogen) atoms. The number of halogens is 1. The van der Waals surface area contributed by atoms with Crippen molar-refractivity contribution in [2.75, 3.05) is 19.0 Å². The lowest BCUT2D eigenvalue weighted by molar-refractivity contribution is 0.114. The highest BCUT2D eigenvalue weighted by molar-refractivity contribution is 7.91. The smallest absolute Gasteiger partial charge is 0.152 e. The summed E-state index contributed by atoms with van der Waals surface area (Å²) in [5.74, 6) is -0.0750. The highest BCUT2D eigenvalue weighted by Crippen LogP contribution is 2.29. The fraction of sp³-hybridized carbons (Fsp3) is 0.571. The predicted molar refractivity (Wildman–Crippen MR) is 80.8 cm³/mol. The molecule has 2 N–H and O–H groups in total. The van der Waals surface area contributed by atoms with Gasteiger partial charge in [0.1, 0.15) is 0 Å². The zero-order chi connectivity index (χ0) is 15.4. The minimum atomic E-state index is -3.22. The molecule has 0 spiro atoms. The first-order valence-corrected chi connectivity index (χ1v) is 8.56. The van der Waals surface area contributed by atoms with Crippen molar-refractivity contribution >= 4 is 21.4 Å². The number of aliphatic hydroxyl groups is 2. The molecule has 0 aromatic heterocycles. The lowest BCUT2D eigenvalue weighted by atomic mass is 9.79. The number of hydrogen-bond donors (Lipinski definition) is 2. The van der Waals surface area contributed by atoms with E-state index in [-0.39, 0.29) is 25.4 Å². The van der Waals surface area contributed by atoms with E-state index in [1.54, 1.807) is 38.1 Å². The standard InChI is InChI=1S/C14H21ClO4S/c1-11(2)20(18,19)8-7-14(9-16,10-17)12-3-5-13(15)6-4-12/h3-6,11,16-17H,7-10H2,1-2H3. The molecule has 0 aliphatic carbocycles. The van der Waals surface area contributed by atoms with E-state index in [0.29, 0.717) is 10.6 Å². The zero-order valence-electron chi connectivity index (χ0n) is 11.7. The number of hydrogen-bond acceptors (Lipinski definition) is 4. The van der Waals surface area contributed by atoms with Crippen molar-refractivity contribution in [1.82, 2.24) is 0 Å². The van der Waals surface area contributed by atoms with Crippen LogP contribution in [-0.2, 0) is 15.3 Å². The summed E-state index contributed by atoms with van der Waals surface area (Å²) in [6.07, 6.45) is 0.169. The topological polar surface area (TPSA) is 74.6 Å². The largest absolute Gasteiger partial charge is 0.395 e. The van der Waals surface area contributed by atoms with Gasteiger partial charge in [0, 0.05) is 10.4 Å². The number of aliphatic hydroxyl groups excluding tert-OH is 2. The molecular formula is C14H21ClO4S. The van der Waals surface area contributed by atoms with Crippen molar-refractivity contribution in [2.45, 2.75) is 30.9 Å². The maximum Gasteiger partial charge on any atom is 0.152 e. The molecular weight excluding hydrogens is 300 g/mol. The minimum Gasteiger partial charge on any atom is -0.395 e. The van der Waals surface area contributed by atoms with Crippen LogP contribution in [0.25, 0.3) is 0 Å². The monoisotopic (exact) mass is 320 g/mol. The molecule has 0 heterocycles. The maximum atomic E-state index is 11.9. The van der Waals surface area contributed by atoms with Gasteiger partial charge in [-0.25, -0.2) is 8.42 Å². The number of rotatable bonds is 7. The molecule has 0 unspecified atom stereocenters. The average Bonchev–Trinajstić information content (AvgIpc) is 2.42. The van der Waals surface area contributed by atoms with E-state index in [0.717, 1.165) is 0 Å². The fourth-order valence-corrected chi connectivity index (χ4v) is 3.18. The summed E-state index contributed by atoms with van der Waals surface area (Å²) in [5, 5.41) is 19.4. The van der Waals surface area contributed by atoms with Crippen LogP contribution in [0.2, 0.25) is 5.02 Å². The normalized spacial score (nSPS) is 12.9. The third-order valence-corrected chi connectivity index (χ3v) is 6.11. The van der Waals surface area contributed by atoms with Crippen LogP contribution in [0.3, 0.4) is 0 Å². The second kappa shape index (κ2) is 6.89. The Morgan fingerprint density at radius 1 is 1.15 bits per heavy atom. The molecule has 1 aromatic rings. The Balaban J connectivity index is 3.01. The molecule has 0 fully saturated rings. The van der Waals surface area contributed by atoms with Gasteiger partial charge in [-0.15, -0.1) is 0 Å². The minimum absolute atomic E-state index is 0.0750. The molecule has 0 bridgehead atoms. The van der Waals surface area contributed by atoms with Crippen LogP contribution in [-0.4, -0.2) is 42.8 Å². The molecule has 0 saturated carbocycles. The molecule has 0 amide bonds. The van der Waals surface area contributed by atoms with Crippen LogP contribution in [0.4, 0.5) is 0 Å². The van der Waals surface area contributed by atoms with Crippen LogP contribution in [0, 0.1) is 0 Å². The van der Waals surface area contributed by atoms with Crippen LogP contribution in [0.1, 0.15) is 25.8 Å². The SMILES string of the molecule is CC(C)S(=O)(=O)CCC(CO)(CO)c1ccc(Cl)cc1.